The third-order valence-corrected chi connectivity index (χ3v) is 4.98. The fourth-order valence-electron chi connectivity index (χ4n) is 3.36. The first kappa shape index (κ1) is 21.4. The lowest BCUT2D eigenvalue weighted by Crippen LogP contribution is -2.30. The van der Waals surface area contributed by atoms with Gasteiger partial charge >= 0.3 is 11.7 Å². The van der Waals surface area contributed by atoms with Crippen molar-refractivity contribution in [1.29, 1.82) is 0 Å². The molecular formula is C23H27N3O4. The Labute approximate surface area is 175 Å². The van der Waals surface area contributed by atoms with Gasteiger partial charge in [0.15, 0.2) is 0 Å². The zero-order chi connectivity index (χ0) is 21.5. The van der Waals surface area contributed by atoms with Crippen LogP contribution >= 0.6 is 0 Å². The van der Waals surface area contributed by atoms with Crippen LogP contribution in [-0.4, -0.2) is 34.2 Å². The van der Waals surface area contributed by atoms with Gasteiger partial charge in [-0.1, -0.05) is 42.0 Å². The van der Waals surface area contributed by atoms with Crippen molar-refractivity contribution >= 4 is 22.9 Å². The normalized spacial score (nSPS) is 10.9. The molecular weight excluding hydrogens is 382 g/mol. The minimum atomic E-state index is -0.509. The van der Waals surface area contributed by atoms with Crippen molar-refractivity contribution in [2.75, 3.05) is 13.2 Å². The number of carbonyl (C=O) groups excluding carboxylic acids is 2. The summed E-state index contributed by atoms with van der Waals surface area (Å²) in [5, 5.41) is 2.75. The quantitative estimate of drug-likeness (QED) is 0.435. The van der Waals surface area contributed by atoms with Crippen LogP contribution in [0.5, 0.6) is 0 Å². The van der Waals surface area contributed by atoms with E-state index in [1.807, 2.05) is 62.4 Å². The molecule has 0 aliphatic carbocycles. The second-order valence-electron chi connectivity index (χ2n) is 7.16. The molecule has 158 valence electrons. The minimum Gasteiger partial charge on any atom is -0.462 e. The average Bonchev–Trinajstić information content (AvgIpc) is 3.01. The molecule has 0 aliphatic rings. The summed E-state index contributed by atoms with van der Waals surface area (Å²) in [5.41, 5.74) is 3.55. The molecule has 3 aromatic rings. The molecule has 30 heavy (non-hydrogen) atoms. The first-order valence-corrected chi connectivity index (χ1v) is 10.2. The van der Waals surface area contributed by atoms with Gasteiger partial charge in [0, 0.05) is 13.0 Å². The van der Waals surface area contributed by atoms with E-state index in [1.54, 1.807) is 4.57 Å². The molecule has 7 heteroatoms. The van der Waals surface area contributed by atoms with Gasteiger partial charge in [-0.3, -0.25) is 18.7 Å². The van der Waals surface area contributed by atoms with Gasteiger partial charge in [0.2, 0.25) is 5.91 Å². The van der Waals surface area contributed by atoms with E-state index < -0.39 is 5.97 Å². The maximum Gasteiger partial charge on any atom is 0.329 e. The zero-order valence-corrected chi connectivity index (χ0v) is 17.4. The molecule has 0 radical (unpaired) electrons. The number of hydrogen-bond donors (Lipinski definition) is 1. The van der Waals surface area contributed by atoms with E-state index in [2.05, 4.69) is 5.32 Å². The van der Waals surface area contributed by atoms with Crippen LogP contribution in [0.25, 0.3) is 11.0 Å². The highest BCUT2D eigenvalue weighted by molar-refractivity contribution is 5.79. The van der Waals surface area contributed by atoms with E-state index in [1.165, 1.54) is 10.1 Å². The molecule has 2 aromatic carbocycles. The third kappa shape index (κ3) is 5.17. The molecule has 1 N–H and O–H groups in total. The largest absolute Gasteiger partial charge is 0.462 e. The zero-order valence-electron chi connectivity index (χ0n) is 17.4. The maximum atomic E-state index is 12.5. The molecule has 0 saturated carbocycles. The second-order valence-corrected chi connectivity index (χ2v) is 7.16. The van der Waals surface area contributed by atoms with E-state index in [0.717, 1.165) is 11.1 Å². The topological polar surface area (TPSA) is 82.3 Å². The monoisotopic (exact) mass is 409 g/mol. The fraction of sp³-hybridized carbons (Fsp3) is 0.348. The number of para-hydroxylation sites is 2. The smallest absolute Gasteiger partial charge is 0.329 e. The van der Waals surface area contributed by atoms with E-state index in [4.69, 9.17) is 4.74 Å². The summed E-state index contributed by atoms with van der Waals surface area (Å²) >= 11 is 0. The summed E-state index contributed by atoms with van der Waals surface area (Å²) in [7, 11) is 0. The summed E-state index contributed by atoms with van der Waals surface area (Å²) in [4.78, 5) is 36.7. The molecule has 7 nitrogen and oxygen atoms in total. The van der Waals surface area contributed by atoms with E-state index in [0.29, 0.717) is 24.9 Å². The van der Waals surface area contributed by atoms with Crippen molar-refractivity contribution in [3.63, 3.8) is 0 Å². The highest BCUT2D eigenvalue weighted by atomic mass is 16.5. The summed E-state index contributed by atoms with van der Waals surface area (Å²) in [6.07, 6.45) is 1.04. The van der Waals surface area contributed by atoms with Crippen LogP contribution < -0.4 is 11.0 Å². The van der Waals surface area contributed by atoms with Crippen molar-refractivity contribution < 1.29 is 14.3 Å². The Morgan fingerprint density at radius 1 is 1.00 bits per heavy atom. The maximum absolute atomic E-state index is 12.5. The van der Waals surface area contributed by atoms with Gasteiger partial charge in [-0.05, 0) is 38.0 Å². The first-order chi connectivity index (χ1) is 14.5. The van der Waals surface area contributed by atoms with Crippen LogP contribution in [0.3, 0.4) is 0 Å². The third-order valence-electron chi connectivity index (χ3n) is 4.98. The van der Waals surface area contributed by atoms with Crippen LogP contribution in [0.4, 0.5) is 0 Å². The molecule has 1 heterocycles. The molecule has 3 rings (SSSR count). The number of nitrogens with one attached hydrogen (secondary N) is 1. The summed E-state index contributed by atoms with van der Waals surface area (Å²) in [6, 6.07) is 15.4. The Kier molecular flexibility index (Phi) is 7.06. The molecule has 0 aliphatic heterocycles. The summed E-state index contributed by atoms with van der Waals surface area (Å²) in [6.45, 7) is 4.58. The Morgan fingerprint density at radius 2 is 1.67 bits per heavy atom. The van der Waals surface area contributed by atoms with Gasteiger partial charge in [-0.15, -0.1) is 0 Å². The number of carbonyl (C=O) groups is 2. The number of aryl methyl sites for hydroxylation is 3. The molecule has 0 spiro atoms. The van der Waals surface area contributed by atoms with Crippen LogP contribution in [0, 0.1) is 6.92 Å². The van der Waals surface area contributed by atoms with Crippen molar-refractivity contribution in [3.05, 3.63) is 70.1 Å². The van der Waals surface area contributed by atoms with Gasteiger partial charge in [0.25, 0.3) is 0 Å². The Morgan fingerprint density at radius 3 is 2.33 bits per heavy atom. The Hall–Kier alpha value is -3.35. The molecule has 0 unspecified atom stereocenters. The van der Waals surface area contributed by atoms with E-state index in [-0.39, 0.29) is 31.3 Å². The number of fused-ring (bicyclic) bond motifs is 1. The predicted octanol–water partition coefficient (Wildman–Crippen LogP) is 2.42. The van der Waals surface area contributed by atoms with Crippen LogP contribution in [0.1, 0.15) is 24.5 Å². The second kappa shape index (κ2) is 9.91. The average molecular weight is 409 g/mol. The standard InChI is InChI=1S/C23H27N3O4/c1-3-25-19-6-4-5-7-20(19)26(23(25)29)16-22(28)30-15-14-24-21(27)13-12-18-10-8-17(2)9-11-18/h4-11H,3,12-16H2,1-2H3,(H,24,27). The van der Waals surface area contributed by atoms with Gasteiger partial charge in [-0.2, -0.15) is 0 Å². The van der Waals surface area contributed by atoms with Gasteiger partial charge in [0.05, 0.1) is 17.6 Å². The Bertz CT molecular complexity index is 1080. The number of ether oxygens (including phenoxy) is 1. The number of nitrogens with zero attached hydrogens (tertiary/aromatic N) is 2. The molecule has 1 amide bonds. The van der Waals surface area contributed by atoms with Crippen molar-refractivity contribution in [2.24, 2.45) is 0 Å². The van der Waals surface area contributed by atoms with E-state index in [9.17, 15) is 14.4 Å². The van der Waals surface area contributed by atoms with E-state index >= 15 is 0 Å². The number of rotatable bonds is 9. The van der Waals surface area contributed by atoms with Crippen molar-refractivity contribution in [2.45, 2.75) is 39.8 Å². The minimum absolute atomic E-state index is 0.0657. The molecule has 0 atom stereocenters. The van der Waals surface area contributed by atoms with Gasteiger partial charge in [-0.25, -0.2) is 4.79 Å². The van der Waals surface area contributed by atoms with Crippen LogP contribution in [0.2, 0.25) is 0 Å². The fourth-order valence-corrected chi connectivity index (χ4v) is 3.36. The summed E-state index contributed by atoms with van der Waals surface area (Å²) in [5.74, 6) is -0.598. The highest BCUT2D eigenvalue weighted by Crippen LogP contribution is 2.12. The molecule has 0 fully saturated rings. The lowest BCUT2D eigenvalue weighted by molar-refractivity contribution is -0.144. The number of benzene rings is 2. The number of aromatic nitrogens is 2. The lowest BCUT2D eigenvalue weighted by atomic mass is 10.1. The molecule has 0 bridgehead atoms. The van der Waals surface area contributed by atoms with Crippen LogP contribution in [0.15, 0.2) is 53.3 Å². The number of hydrogen-bond acceptors (Lipinski definition) is 4. The van der Waals surface area contributed by atoms with Gasteiger partial charge < -0.3 is 10.1 Å². The lowest BCUT2D eigenvalue weighted by Gasteiger charge is -2.08. The van der Waals surface area contributed by atoms with Crippen molar-refractivity contribution in [1.82, 2.24) is 14.5 Å². The number of amides is 1. The summed E-state index contributed by atoms with van der Waals surface area (Å²) < 4.78 is 8.24. The van der Waals surface area contributed by atoms with Gasteiger partial charge in [0.1, 0.15) is 13.2 Å². The molecule has 1 aromatic heterocycles. The van der Waals surface area contributed by atoms with Crippen LogP contribution in [-0.2, 0) is 33.8 Å². The highest BCUT2D eigenvalue weighted by Gasteiger charge is 2.15. The SMILES string of the molecule is CCn1c(=O)n(CC(=O)OCCNC(=O)CCc2ccc(C)cc2)c2ccccc21. The molecule has 0 saturated heterocycles. The predicted molar refractivity (Wildman–Crippen MR) is 115 cm³/mol. The number of esters is 1. The first-order valence-electron chi connectivity index (χ1n) is 10.2. The Balaban J connectivity index is 1.44. The van der Waals surface area contributed by atoms with Crippen molar-refractivity contribution in [3.8, 4) is 0 Å². The number of imidazole rings is 1.